The van der Waals surface area contributed by atoms with Crippen molar-refractivity contribution in [3.8, 4) is 11.3 Å². The average Bonchev–Trinajstić information content (AvgIpc) is 3.38. The summed E-state index contributed by atoms with van der Waals surface area (Å²) in [6, 6.07) is 5.87. The van der Waals surface area contributed by atoms with Crippen molar-refractivity contribution < 1.29 is 9.26 Å². The maximum atomic E-state index is 6.43. The predicted octanol–water partition coefficient (Wildman–Crippen LogP) is 5.56. The minimum atomic E-state index is 0.263. The van der Waals surface area contributed by atoms with Gasteiger partial charge in [-0.25, -0.2) is 0 Å². The molecule has 1 aromatic heterocycles. The number of nitrogens with two attached hydrogens (primary N) is 1. The van der Waals surface area contributed by atoms with Crippen LogP contribution < -0.4 is 5.73 Å². The second-order valence-electron chi connectivity index (χ2n) is 8.32. The van der Waals surface area contributed by atoms with E-state index in [2.05, 4.69) is 5.16 Å². The molecule has 4 atom stereocenters. The highest BCUT2D eigenvalue weighted by atomic mass is 35.5. The van der Waals surface area contributed by atoms with Crippen LogP contribution in [0.15, 0.2) is 22.7 Å². The van der Waals surface area contributed by atoms with Crippen LogP contribution in [0.5, 0.6) is 0 Å². The van der Waals surface area contributed by atoms with Crippen LogP contribution in [0.3, 0.4) is 0 Å². The molecular weight excluding hydrogens is 383 g/mol. The summed E-state index contributed by atoms with van der Waals surface area (Å²) in [5.74, 6) is 2.60. The van der Waals surface area contributed by atoms with Crippen molar-refractivity contribution in [2.75, 3.05) is 0 Å². The van der Waals surface area contributed by atoms with Crippen LogP contribution in [0.4, 0.5) is 0 Å². The third-order valence-electron chi connectivity index (χ3n) is 6.56. The molecule has 1 heterocycles. The Morgan fingerprint density at radius 2 is 1.74 bits per heavy atom. The minimum Gasteiger partial charge on any atom is -0.373 e. The van der Waals surface area contributed by atoms with Crippen molar-refractivity contribution in [2.45, 2.75) is 63.2 Å². The van der Waals surface area contributed by atoms with Gasteiger partial charge in [0.25, 0.3) is 0 Å². The van der Waals surface area contributed by atoms with Gasteiger partial charge in [0.05, 0.1) is 22.8 Å². The van der Waals surface area contributed by atoms with E-state index < -0.39 is 0 Å². The van der Waals surface area contributed by atoms with E-state index in [0.717, 1.165) is 48.3 Å². The van der Waals surface area contributed by atoms with Crippen LogP contribution in [0.2, 0.25) is 10.0 Å². The average molecular weight is 407 g/mol. The monoisotopic (exact) mass is 406 g/mol. The highest BCUT2D eigenvalue weighted by molar-refractivity contribution is 6.39. The fourth-order valence-electron chi connectivity index (χ4n) is 4.90. The van der Waals surface area contributed by atoms with Gasteiger partial charge in [-0.15, -0.1) is 0 Å². The number of benzene rings is 1. The van der Waals surface area contributed by atoms with Crippen molar-refractivity contribution >= 4 is 23.2 Å². The molecule has 5 rings (SSSR count). The lowest BCUT2D eigenvalue weighted by molar-refractivity contribution is -0.00648. The Bertz CT molecular complexity index is 814. The molecule has 27 heavy (non-hydrogen) atoms. The first kappa shape index (κ1) is 18.0. The topological polar surface area (TPSA) is 61.3 Å². The van der Waals surface area contributed by atoms with Crippen LogP contribution >= 0.6 is 23.2 Å². The second-order valence-corrected chi connectivity index (χ2v) is 9.14. The molecule has 1 aromatic carbocycles. The van der Waals surface area contributed by atoms with Crippen LogP contribution in [0.25, 0.3) is 11.3 Å². The molecule has 2 aromatic rings. The summed E-state index contributed by atoms with van der Waals surface area (Å²) in [5, 5.41) is 5.51. The van der Waals surface area contributed by atoms with Crippen LogP contribution in [-0.4, -0.2) is 17.3 Å². The Morgan fingerprint density at radius 3 is 2.37 bits per heavy atom. The summed E-state index contributed by atoms with van der Waals surface area (Å²) >= 11 is 12.9. The summed E-state index contributed by atoms with van der Waals surface area (Å²) in [5.41, 5.74) is 8.80. The number of hydrogen-bond donors (Lipinski definition) is 1. The van der Waals surface area contributed by atoms with Gasteiger partial charge in [-0.05, 0) is 62.5 Å². The molecular formula is C21H24Cl2N2O2. The Balaban J connectivity index is 1.41. The zero-order valence-electron chi connectivity index (χ0n) is 15.2. The van der Waals surface area contributed by atoms with Crippen molar-refractivity contribution in [1.82, 2.24) is 5.16 Å². The van der Waals surface area contributed by atoms with Gasteiger partial charge in [-0.1, -0.05) is 34.4 Å². The molecule has 3 fully saturated rings. The molecule has 6 heteroatoms. The largest absolute Gasteiger partial charge is 0.373 e. The van der Waals surface area contributed by atoms with Crippen molar-refractivity contribution in [3.63, 3.8) is 0 Å². The number of nitrogens with zero attached hydrogens (tertiary/aromatic N) is 1. The summed E-state index contributed by atoms with van der Waals surface area (Å²) in [6.45, 7) is 0.492. The lowest BCUT2D eigenvalue weighted by atomic mass is 9.83. The summed E-state index contributed by atoms with van der Waals surface area (Å²) in [4.78, 5) is 0. The Hall–Kier alpha value is -1.07. The zero-order valence-corrected chi connectivity index (χ0v) is 16.7. The SMILES string of the molecule is NC1C2CC[C@H]1CC(OCc1c(-c3c(Cl)cccc3Cl)noc1C1CC1)C2. The van der Waals surface area contributed by atoms with E-state index in [0.29, 0.717) is 40.4 Å². The summed E-state index contributed by atoms with van der Waals surface area (Å²) < 4.78 is 12.1. The number of aromatic nitrogens is 1. The molecule has 3 aliphatic carbocycles. The van der Waals surface area contributed by atoms with Crippen molar-refractivity contribution in [2.24, 2.45) is 17.6 Å². The van der Waals surface area contributed by atoms with Gasteiger partial charge in [0.1, 0.15) is 11.5 Å². The van der Waals surface area contributed by atoms with Crippen LogP contribution in [0.1, 0.15) is 55.8 Å². The van der Waals surface area contributed by atoms with E-state index in [9.17, 15) is 0 Å². The first-order valence-corrected chi connectivity index (χ1v) is 10.7. The van der Waals surface area contributed by atoms with Gasteiger partial charge in [0.2, 0.25) is 0 Å². The van der Waals surface area contributed by atoms with Crippen LogP contribution in [0, 0.1) is 11.8 Å². The van der Waals surface area contributed by atoms with Gasteiger partial charge < -0.3 is 15.0 Å². The third kappa shape index (κ3) is 3.31. The highest BCUT2D eigenvalue weighted by Gasteiger charge is 2.41. The molecule has 3 aliphatic rings. The second kappa shape index (κ2) is 7.07. The number of fused-ring (bicyclic) bond motifs is 2. The van der Waals surface area contributed by atoms with Crippen molar-refractivity contribution in [1.29, 1.82) is 0 Å². The Morgan fingerprint density at radius 1 is 1.07 bits per heavy atom. The molecule has 3 unspecified atom stereocenters. The normalized spacial score (nSPS) is 30.0. The maximum Gasteiger partial charge on any atom is 0.145 e. The summed E-state index contributed by atoms with van der Waals surface area (Å²) in [6.07, 6.45) is 7.15. The van der Waals surface area contributed by atoms with E-state index in [1.165, 1.54) is 12.8 Å². The van der Waals surface area contributed by atoms with E-state index in [-0.39, 0.29) is 6.10 Å². The van der Waals surface area contributed by atoms with E-state index >= 15 is 0 Å². The number of rotatable bonds is 5. The molecule has 2 N–H and O–H groups in total. The van der Waals surface area contributed by atoms with Gasteiger partial charge >= 0.3 is 0 Å². The summed E-state index contributed by atoms with van der Waals surface area (Å²) in [7, 11) is 0. The highest BCUT2D eigenvalue weighted by Crippen LogP contribution is 2.47. The van der Waals surface area contributed by atoms with Crippen LogP contribution in [-0.2, 0) is 11.3 Å². The van der Waals surface area contributed by atoms with E-state index in [1.54, 1.807) is 0 Å². The lowest BCUT2D eigenvalue weighted by Crippen LogP contribution is -2.40. The zero-order chi connectivity index (χ0) is 18.5. The molecule has 4 nitrogen and oxygen atoms in total. The molecule has 144 valence electrons. The first-order chi connectivity index (χ1) is 13.1. The van der Waals surface area contributed by atoms with E-state index in [4.69, 9.17) is 38.2 Å². The molecule has 0 spiro atoms. The molecule has 0 radical (unpaired) electrons. The molecule has 0 saturated heterocycles. The number of ether oxygens (including phenoxy) is 1. The first-order valence-electron chi connectivity index (χ1n) is 9.91. The fraction of sp³-hybridized carbons (Fsp3) is 0.571. The number of hydrogen-bond acceptors (Lipinski definition) is 4. The quantitative estimate of drug-likeness (QED) is 0.705. The Labute approximate surface area is 169 Å². The Kier molecular flexibility index (Phi) is 4.71. The molecule has 0 amide bonds. The van der Waals surface area contributed by atoms with Gasteiger partial charge in [0.15, 0.2) is 0 Å². The fourth-order valence-corrected chi connectivity index (χ4v) is 5.48. The third-order valence-corrected chi connectivity index (χ3v) is 7.19. The standard InChI is InChI=1S/C21H24Cl2N2O2/c22-16-2-1-3-17(23)18(16)20-15(21(27-25-20)11-4-5-11)10-26-14-8-12-6-7-13(9-14)19(12)24/h1-3,11-14,19H,4-10,24H2/t12-,13?,14?,19?/m0/s1. The minimum absolute atomic E-state index is 0.263. The van der Waals surface area contributed by atoms with Gasteiger partial charge in [-0.3, -0.25) is 0 Å². The van der Waals surface area contributed by atoms with Gasteiger partial charge in [0, 0.05) is 23.1 Å². The lowest BCUT2D eigenvalue weighted by Gasteiger charge is -2.33. The predicted molar refractivity (Wildman–Crippen MR) is 106 cm³/mol. The van der Waals surface area contributed by atoms with Crippen molar-refractivity contribution in [3.05, 3.63) is 39.6 Å². The molecule has 2 bridgehead atoms. The molecule has 0 aliphatic heterocycles. The van der Waals surface area contributed by atoms with E-state index in [1.807, 2.05) is 18.2 Å². The smallest absolute Gasteiger partial charge is 0.145 e. The number of halogens is 2. The molecule has 3 saturated carbocycles. The maximum absolute atomic E-state index is 6.43. The van der Waals surface area contributed by atoms with Gasteiger partial charge in [-0.2, -0.15) is 0 Å².